The van der Waals surface area contributed by atoms with Crippen LogP contribution < -0.4 is 5.32 Å². The number of rotatable bonds is 6. The van der Waals surface area contributed by atoms with E-state index in [1.165, 1.54) is 58.2 Å². The highest BCUT2D eigenvalue weighted by Gasteiger charge is 2.26. The quantitative estimate of drug-likeness (QED) is 0.877. The molecule has 0 radical (unpaired) electrons. The number of hydrogen-bond donors (Lipinski definition) is 1. The Morgan fingerprint density at radius 3 is 2.59 bits per heavy atom. The summed E-state index contributed by atoms with van der Waals surface area (Å²) < 4.78 is 2.24. The molecule has 1 aliphatic carbocycles. The second-order valence-corrected chi connectivity index (χ2v) is 7.35. The molecule has 4 nitrogen and oxygen atoms in total. The maximum atomic E-state index is 4.30. The van der Waals surface area contributed by atoms with Crippen molar-refractivity contribution in [2.45, 2.75) is 71.0 Å². The van der Waals surface area contributed by atoms with Crippen LogP contribution in [0.5, 0.6) is 0 Å². The van der Waals surface area contributed by atoms with E-state index in [-0.39, 0.29) is 0 Å². The van der Waals surface area contributed by atoms with Crippen LogP contribution >= 0.6 is 0 Å². The van der Waals surface area contributed by atoms with Gasteiger partial charge in [-0.2, -0.15) is 0 Å². The smallest absolute Gasteiger partial charge is 0.105 e. The minimum atomic E-state index is 0.515. The Morgan fingerprint density at radius 2 is 1.95 bits per heavy atom. The van der Waals surface area contributed by atoms with E-state index in [9.17, 15) is 0 Å². The van der Waals surface area contributed by atoms with E-state index in [1.807, 2.05) is 6.20 Å². The Morgan fingerprint density at radius 1 is 1.23 bits per heavy atom. The van der Waals surface area contributed by atoms with Gasteiger partial charge in [0, 0.05) is 31.0 Å². The van der Waals surface area contributed by atoms with Gasteiger partial charge in [-0.25, -0.2) is 4.98 Å². The second-order valence-electron chi connectivity index (χ2n) is 7.35. The first-order valence-corrected chi connectivity index (χ1v) is 9.17. The van der Waals surface area contributed by atoms with Gasteiger partial charge >= 0.3 is 0 Å². The number of nitrogens with one attached hydrogen (secondary N) is 1. The van der Waals surface area contributed by atoms with Crippen molar-refractivity contribution in [1.29, 1.82) is 0 Å². The zero-order valence-electron chi connectivity index (χ0n) is 14.3. The predicted octanol–water partition coefficient (Wildman–Crippen LogP) is 2.82. The standard InChI is InChI=1S/C18H32N4/c1-15(14-22-12-9-19-16(22)2)20-13-17-7-10-21(11-8-17)18-5-3-4-6-18/h9,12,15,17-18,20H,3-8,10-11,13-14H2,1-2H3. The van der Waals surface area contributed by atoms with E-state index in [4.69, 9.17) is 0 Å². The molecule has 22 heavy (non-hydrogen) atoms. The van der Waals surface area contributed by atoms with Gasteiger partial charge in [-0.3, -0.25) is 0 Å². The molecule has 0 spiro atoms. The van der Waals surface area contributed by atoms with E-state index < -0.39 is 0 Å². The third kappa shape index (κ3) is 4.11. The number of piperidine rings is 1. The van der Waals surface area contributed by atoms with Gasteiger partial charge in [0.15, 0.2) is 0 Å². The topological polar surface area (TPSA) is 33.1 Å². The highest BCUT2D eigenvalue weighted by molar-refractivity contribution is 4.89. The average molecular weight is 304 g/mol. The molecule has 124 valence electrons. The van der Waals surface area contributed by atoms with Gasteiger partial charge in [0.05, 0.1) is 0 Å². The molecule has 1 aromatic rings. The molecule has 1 aliphatic heterocycles. The Bertz CT molecular complexity index is 442. The van der Waals surface area contributed by atoms with Gasteiger partial charge in [0.25, 0.3) is 0 Å². The van der Waals surface area contributed by atoms with Crippen molar-refractivity contribution < 1.29 is 0 Å². The fraction of sp³-hybridized carbons (Fsp3) is 0.833. The third-order valence-electron chi connectivity index (χ3n) is 5.64. The summed E-state index contributed by atoms with van der Waals surface area (Å²) in [6.45, 7) is 9.21. The molecular weight excluding hydrogens is 272 g/mol. The molecule has 0 amide bonds. The first-order valence-electron chi connectivity index (χ1n) is 9.17. The zero-order chi connectivity index (χ0) is 15.4. The molecule has 1 saturated carbocycles. The van der Waals surface area contributed by atoms with Crippen molar-refractivity contribution in [2.75, 3.05) is 19.6 Å². The van der Waals surface area contributed by atoms with Crippen LogP contribution in [0.1, 0.15) is 51.3 Å². The first kappa shape index (κ1) is 16.0. The fourth-order valence-electron chi connectivity index (χ4n) is 4.12. The van der Waals surface area contributed by atoms with Crippen molar-refractivity contribution in [2.24, 2.45) is 5.92 Å². The summed E-state index contributed by atoms with van der Waals surface area (Å²) in [5, 5.41) is 3.74. The highest BCUT2D eigenvalue weighted by Crippen LogP contribution is 2.27. The number of nitrogens with zero attached hydrogens (tertiary/aromatic N) is 3. The summed E-state index contributed by atoms with van der Waals surface area (Å²) in [6, 6.07) is 1.43. The summed E-state index contributed by atoms with van der Waals surface area (Å²) in [5.74, 6) is 1.97. The van der Waals surface area contributed by atoms with Crippen LogP contribution in [0, 0.1) is 12.8 Å². The Labute approximate surface area is 135 Å². The first-order chi connectivity index (χ1) is 10.7. The lowest BCUT2D eigenvalue weighted by molar-refractivity contribution is 0.132. The molecule has 2 heterocycles. The molecule has 1 atom stereocenters. The molecule has 0 bridgehead atoms. The van der Waals surface area contributed by atoms with Crippen LogP contribution in [-0.4, -0.2) is 46.2 Å². The molecule has 2 aliphatic rings. The summed E-state index contributed by atoms with van der Waals surface area (Å²) in [7, 11) is 0. The van der Waals surface area contributed by atoms with Crippen molar-refractivity contribution in [3.63, 3.8) is 0 Å². The van der Waals surface area contributed by atoms with E-state index >= 15 is 0 Å². The fourth-order valence-corrected chi connectivity index (χ4v) is 4.12. The number of aromatic nitrogens is 2. The third-order valence-corrected chi connectivity index (χ3v) is 5.64. The van der Waals surface area contributed by atoms with Crippen molar-refractivity contribution in [3.8, 4) is 0 Å². The zero-order valence-corrected chi connectivity index (χ0v) is 14.3. The molecule has 1 saturated heterocycles. The minimum absolute atomic E-state index is 0.515. The van der Waals surface area contributed by atoms with Gasteiger partial charge in [0.2, 0.25) is 0 Å². The van der Waals surface area contributed by atoms with E-state index in [2.05, 4.69) is 39.8 Å². The van der Waals surface area contributed by atoms with Crippen LogP contribution in [-0.2, 0) is 6.54 Å². The largest absolute Gasteiger partial charge is 0.334 e. The highest BCUT2D eigenvalue weighted by atomic mass is 15.2. The second kappa shape index (κ2) is 7.60. The monoisotopic (exact) mass is 304 g/mol. The van der Waals surface area contributed by atoms with E-state index in [0.29, 0.717) is 6.04 Å². The molecule has 4 heteroatoms. The molecule has 1 N–H and O–H groups in total. The van der Waals surface area contributed by atoms with Crippen LogP contribution in [0.25, 0.3) is 0 Å². The summed E-state index contributed by atoms with van der Waals surface area (Å²) in [4.78, 5) is 7.06. The maximum absolute atomic E-state index is 4.30. The number of imidazole rings is 1. The van der Waals surface area contributed by atoms with E-state index in [0.717, 1.165) is 24.3 Å². The molecular formula is C18H32N4. The SMILES string of the molecule is Cc1nccn1CC(C)NCC1CCN(C2CCCC2)CC1. The lowest BCUT2D eigenvalue weighted by Crippen LogP contribution is -2.43. The van der Waals surface area contributed by atoms with E-state index in [1.54, 1.807) is 0 Å². The summed E-state index contributed by atoms with van der Waals surface area (Å²) in [5.41, 5.74) is 0. The van der Waals surface area contributed by atoms with Gasteiger partial charge in [-0.1, -0.05) is 12.8 Å². The minimum Gasteiger partial charge on any atom is -0.334 e. The van der Waals surface area contributed by atoms with Crippen molar-refractivity contribution in [1.82, 2.24) is 19.8 Å². The van der Waals surface area contributed by atoms with Crippen molar-refractivity contribution in [3.05, 3.63) is 18.2 Å². The van der Waals surface area contributed by atoms with Gasteiger partial charge in [-0.05, 0) is 65.1 Å². The molecule has 1 unspecified atom stereocenters. The van der Waals surface area contributed by atoms with Gasteiger partial charge < -0.3 is 14.8 Å². The molecule has 2 fully saturated rings. The lowest BCUT2D eigenvalue weighted by Gasteiger charge is -2.36. The summed E-state index contributed by atoms with van der Waals surface area (Å²) in [6.07, 6.45) is 12.5. The summed E-state index contributed by atoms with van der Waals surface area (Å²) >= 11 is 0. The number of aryl methyl sites for hydroxylation is 1. The van der Waals surface area contributed by atoms with Crippen LogP contribution in [0.4, 0.5) is 0 Å². The molecule has 0 aromatic carbocycles. The van der Waals surface area contributed by atoms with Crippen LogP contribution in [0.3, 0.4) is 0 Å². The van der Waals surface area contributed by atoms with Crippen molar-refractivity contribution >= 4 is 0 Å². The Kier molecular flexibility index (Phi) is 5.53. The van der Waals surface area contributed by atoms with Crippen LogP contribution in [0.2, 0.25) is 0 Å². The van der Waals surface area contributed by atoms with Gasteiger partial charge in [-0.15, -0.1) is 0 Å². The Hall–Kier alpha value is -0.870. The van der Waals surface area contributed by atoms with Gasteiger partial charge in [0.1, 0.15) is 5.82 Å². The lowest BCUT2D eigenvalue weighted by atomic mass is 9.95. The van der Waals surface area contributed by atoms with Crippen LogP contribution in [0.15, 0.2) is 12.4 Å². The predicted molar refractivity (Wildman–Crippen MR) is 91.0 cm³/mol. The molecule has 3 rings (SSSR count). The number of likely N-dealkylation sites (tertiary alicyclic amines) is 1. The maximum Gasteiger partial charge on any atom is 0.105 e. The normalized spacial score (nSPS) is 23.2. The average Bonchev–Trinajstić information content (AvgIpc) is 3.18. The number of hydrogen-bond acceptors (Lipinski definition) is 3. The molecule has 1 aromatic heterocycles. The Balaban J connectivity index is 1.35.